The molecule has 0 spiro atoms. The van der Waals surface area contributed by atoms with Crippen molar-refractivity contribution in [3.63, 3.8) is 0 Å². The molecule has 0 aliphatic heterocycles. The van der Waals surface area contributed by atoms with Crippen molar-refractivity contribution < 1.29 is 18.4 Å². The summed E-state index contributed by atoms with van der Waals surface area (Å²) in [6.07, 6.45) is -0.0700. The molecule has 0 aliphatic carbocycles. The van der Waals surface area contributed by atoms with Crippen LogP contribution in [0.25, 0.3) is 0 Å². The number of halogens is 2. The largest absolute Gasteiger partial charge is 0.349 e. The summed E-state index contributed by atoms with van der Waals surface area (Å²) in [5.74, 6) is -2.34. The second kappa shape index (κ2) is 7.68. The molecule has 0 saturated heterocycles. The second-order valence-electron chi connectivity index (χ2n) is 5.54. The van der Waals surface area contributed by atoms with Crippen LogP contribution < -0.4 is 10.6 Å². The van der Waals surface area contributed by atoms with E-state index in [-0.39, 0.29) is 18.0 Å². The normalized spacial score (nSPS) is 11.7. The fraction of sp³-hybridized carbons (Fsp3) is 0.222. The van der Waals surface area contributed by atoms with E-state index in [1.54, 1.807) is 0 Å². The fourth-order valence-electron chi connectivity index (χ4n) is 2.27. The molecule has 4 nitrogen and oxygen atoms in total. The van der Waals surface area contributed by atoms with Crippen LogP contribution in [-0.4, -0.2) is 11.8 Å². The van der Waals surface area contributed by atoms with Crippen molar-refractivity contribution in [1.29, 1.82) is 0 Å². The number of rotatable bonds is 5. The summed E-state index contributed by atoms with van der Waals surface area (Å²) in [4.78, 5) is 23.5. The van der Waals surface area contributed by atoms with E-state index in [1.807, 2.05) is 31.2 Å². The molecule has 0 aliphatic rings. The van der Waals surface area contributed by atoms with E-state index in [2.05, 4.69) is 10.6 Å². The van der Waals surface area contributed by atoms with Gasteiger partial charge in [0.2, 0.25) is 11.8 Å². The van der Waals surface area contributed by atoms with Crippen LogP contribution in [0.3, 0.4) is 0 Å². The van der Waals surface area contributed by atoms with Gasteiger partial charge in [0.05, 0.1) is 18.2 Å². The first-order chi connectivity index (χ1) is 11.3. The molecule has 0 saturated carbocycles. The zero-order chi connectivity index (χ0) is 17.7. The van der Waals surface area contributed by atoms with Gasteiger partial charge < -0.3 is 10.6 Å². The third-order valence-electron chi connectivity index (χ3n) is 3.45. The molecule has 0 fully saturated rings. The average molecular weight is 332 g/mol. The molecule has 24 heavy (non-hydrogen) atoms. The van der Waals surface area contributed by atoms with Gasteiger partial charge in [-0.3, -0.25) is 9.59 Å². The Morgan fingerprint density at radius 2 is 1.75 bits per heavy atom. The van der Waals surface area contributed by atoms with E-state index in [1.165, 1.54) is 6.92 Å². The Bertz CT molecular complexity index is 745. The van der Waals surface area contributed by atoms with Crippen molar-refractivity contribution in [2.75, 3.05) is 5.32 Å². The first-order valence-electron chi connectivity index (χ1n) is 7.43. The standard InChI is InChI=1S/C18H18F2N2O2/c1-11-3-5-13(6-4-11)17(21-12(2)23)10-18(24)22-16-8-7-14(19)9-15(16)20/h3-9,17H,10H2,1-2H3,(H,21,23)(H,22,24)/t17-/m0/s1. The highest BCUT2D eigenvalue weighted by molar-refractivity contribution is 5.91. The molecule has 0 heterocycles. The van der Waals surface area contributed by atoms with E-state index in [0.717, 1.165) is 23.3 Å². The molecule has 2 aromatic rings. The van der Waals surface area contributed by atoms with Crippen LogP contribution >= 0.6 is 0 Å². The predicted molar refractivity (Wildman–Crippen MR) is 87.3 cm³/mol. The molecule has 0 unspecified atom stereocenters. The number of anilines is 1. The van der Waals surface area contributed by atoms with Crippen LogP contribution in [0.5, 0.6) is 0 Å². The van der Waals surface area contributed by atoms with E-state index in [4.69, 9.17) is 0 Å². The highest BCUT2D eigenvalue weighted by Gasteiger charge is 2.18. The molecule has 0 aromatic heterocycles. The van der Waals surface area contributed by atoms with Gasteiger partial charge in [0, 0.05) is 13.0 Å². The molecule has 1 atom stereocenters. The zero-order valence-electron chi connectivity index (χ0n) is 13.4. The zero-order valence-corrected chi connectivity index (χ0v) is 13.4. The Hall–Kier alpha value is -2.76. The van der Waals surface area contributed by atoms with Crippen LogP contribution in [-0.2, 0) is 9.59 Å². The van der Waals surface area contributed by atoms with E-state index in [0.29, 0.717) is 6.07 Å². The summed E-state index contributed by atoms with van der Waals surface area (Å²) in [5.41, 5.74) is 1.72. The van der Waals surface area contributed by atoms with Crippen molar-refractivity contribution >= 4 is 17.5 Å². The van der Waals surface area contributed by atoms with Crippen LogP contribution in [0.15, 0.2) is 42.5 Å². The lowest BCUT2D eigenvalue weighted by molar-refractivity contribution is -0.120. The lowest BCUT2D eigenvalue weighted by Crippen LogP contribution is -2.29. The summed E-state index contributed by atoms with van der Waals surface area (Å²) in [7, 11) is 0. The SMILES string of the molecule is CC(=O)N[C@@H](CC(=O)Nc1ccc(F)cc1F)c1ccc(C)cc1. The summed E-state index contributed by atoms with van der Waals surface area (Å²) < 4.78 is 26.5. The van der Waals surface area contributed by atoms with Crippen molar-refractivity contribution in [3.05, 3.63) is 65.2 Å². The molecule has 2 amide bonds. The number of carbonyl (C=O) groups excluding carboxylic acids is 2. The summed E-state index contributed by atoms with van der Waals surface area (Å²) in [6, 6.07) is 9.77. The minimum Gasteiger partial charge on any atom is -0.349 e. The number of amides is 2. The van der Waals surface area contributed by atoms with Crippen molar-refractivity contribution in [2.45, 2.75) is 26.3 Å². The summed E-state index contributed by atoms with van der Waals surface area (Å²) in [6.45, 7) is 3.29. The van der Waals surface area contributed by atoms with Gasteiger partial charge in [0.25, 0.3) is 0 Å². The van der Waals surface area contributed by atoms with Crippen LogP contribution in [0.1, 0.15) is 30.5 Å². The molecule has 2 N–H and O–H groups in total. The Labute approximate surface area is 138 Å². The van der Waals surface area contributed by atoms with Gasteiger partial charge in [-0.25, -0.2) is 8.78 Å². The van der Waals surface area contributed by atoms with Gasteiger partial charge in [-0.1, -0.05) is 29.8 Å². The Morgan fingerprint density at radius 1 is 1.08 bits per heavy atom. The first-order valence-corrected chi connectivity index (χ1v) is 7.43. The van der Waals surface area contributed by atoms with Crippen molar-refractivity contribution in [3.8, 4) is 0 Å². The van der Waals surface area contributed by atoms with Gasteiger partial charge in [-0.05, 0) is 24.6 Å². The average Bonchev–Trinajstić information content (AvgIpc) is 2.50. The van der Waals surface area contributed by atoms with Gasteiger partial charge >= 0.3 is 0 Å². The molecule has 6 heteroatoms. The quantitative estimate of drug-likeness (QED) is 0.881. The molecular formula is C18H18F2N2O2. The topological polar surface area (TPSA) is 58.2 Å². The number of aryl methyl sites for hydroxylation is 1. The Balaban J connectivity index is 2.12. The van der Waals surface area contributed by atoms with E-state index in [9.17, 15) is 18.4 Å². The Morgan fingerprint density at radius 3 is 2.33 bits per heavy atom. The van der Waals surface area contributed by atoms with Gasteiger partial charge in [-0.2, -0.15) is 0 Å². The molecule has 0 bridgehead atoms. The number of hydrogen-bond donors (Lipinski definition) is 2. The third-order valence-corrected chi connectivity index (χ3v) is 3.45. The maximum atomic E-state index is 13.6. The number of hydrogen-bond acceptors (Lipinski definition) is 2. The number of benzene rings is 2. The smallest absolute Gasteiger partial charge is 0.226 e. The van der Waals surface area contributed by atoms with Crippen molar-refractivity contribution in [1.82, 2.24) is 5.32 Å². The van der Waals surface area contributed by atoms with Gasteiger partial charge in [-0.15, -0.1) is 0 Å². The Kier molecular flexibility index (Phi) is 5.63. The third kappa shape index (κ3) is 4.87. The maximum Gasteiger partial charge on any atom is 0.226 e. The van der Waals surface area contributed by atoms with Gasteiger partial charge in [0.15, 0.2) is 0 Å². The molecule has 0 radical (unpaired) electrons. The lowest BCUT2D eigenvalue weighted by Gasteiger charge is -2.18. The van der Waals surface area contributed by atoms with Crippen LogP contribution in [0.2, 0.25) is 0 Å². The molecule has 2 aromatic carbocycles. The van der Waals surface area contributed by atoms with Gasteiger partial charge in [0.1, 0.15) is 11.6 Å². The fourth-order valence-corrected chi connectivity index (χ4v) is 2.27. The highest BCUT2D eigenvalue weighted by Crippen LogP contribution is 2.20. The molecular weight excluding hydrogens is 314 g/mol. The monoisotopic (exact) mass is 332 g/mol. The summed E-state index contributed by atoms with van der Waals surface area (Å²) in [5, 5.41) is 5.09. The highest BCUT2D eigenvalue weighted by atomic mass is 19.1. The minimum absolute atomic E-state index is 0.0700. The van der Waals surface area contributed by atoms with Crippen molar-refractivity contribution in [2.24, 2.45) is 0 Å². The molecule has 126 valence electrons. The number of nitrogens with one attached hydrogen (secondary N) is 2. The van der Waals surface area contributed by atoms with E-state index < -0.39 is 23.6 Å². The number of carbonyl (C=O) groups is 2. The second-order valence-corrected chi connectivity index (χ2v) is 5.54. The predicted octanol–water partition coefficient (Wildman–Crippen LogP) is 3.48. The van der Waals surface area contributed by atoms with Crippen LogP contribution in [0.4, 0.5) is 14.5 Å². The molecule has 2 rings (SSSR count). The maximum absolute atomic E-state index is 13.6. The lowest BCUT2D eigenvalue weighted by atomic mass is 10.0. The first kappa shape index (κ1) is 17.6. The van der Waals surface area contributed by atoms with Crippen LogP contribution in [0, 0.1) is 18.6 Å². The minimum atomic E-state index is -0.852. The summed E-state index contributed by atoms with van der Waals surface area (Å²) >= 11 is 0. The van der Waals surface area contributed by atoms with E-state index >= 15 is 0 Å².